The second-order valence-corrected chi connectivity index (χ2v) is 6.62. The summed E-state index contributed by atoms with van der Waals surface area (Å²) in [6.07, 6.45) is 3.84. The van der Waals surface area contributed by atoms with Crippen LogP contribution in [0.3, 0.4) is 0 Å². The molecule has 0 spiro atoms. The Morgan fingerprint density at radius 3 is 2.79 bits per heavy atom. The third-order valence-corrected chi connectivity index (χ3v) is 4.37. The Labute approximate surface area is 112 Å². The summed E-state index contributed by atoms with van der Waals surface area (Å²) in [6, 6.07) is 1.96. The minimum absolute atomic E-state index is 0.0672. The zero-order valence-electron chi connectivity index (χ0n) is 10.7. The molecule has 1 amide bonds. The van der Waals surface area contributed by atoms with Crippen molar-refractivity contribution < 1.29 is 13.2 Å². The highest BCUT2D eigenvalue weighted by Crippen LogP contribution is 2.37. The first kappa shape index (κ1) is 13.9. The standard InChI is InChI=1S/C11H18N4O3S/c1-13-19(17,18)5-4-14-11(16)10-6-8(12)7-15(10)9-2-3-9/h6-7,9,13H,2-5,12H2,1H3,(H,14,16). The molecular weight excluding hydrogens is 268 g/mol. The molecule has 0 bridgehead atoms. The summed E-state index contributed by atoms with van der Waals surface area (Å²) in [5, 5.41) is 2.59. The molecule has 0 saturated heterocycles. The van der Waals surface area contributed by atoms with Crippen molar-refractivity contribution in [1.82, 2.24) is 14.6 Å². The summed E-state index contributed by atoms with van der Waals surface area (Å²) in [5.41, 5.74) is 6.72. The Morgan fingerprint density at radius 2 is 2.21 bits per heavy atom. The van der Waals surface area contributed by atoms with Crippen molar-refractivity contribution in [3.05, 3.63) is 18.0 Å². The van der Waals surface area contributed by atoms with E-state index in [-0.39, 0.29) is 18.2 Å². The van der Waals surface area contributed by atoms with Crippen LogP contribution >= 0.6 is 0 Å². The van der Waals surface area contributed by atoms with Gasteiger partial charge in [0.2, 0.25) is 10.0 Å². The fourth-order valence-electron chi connectivity index (χ4n) is 1.83. The van der Waals surface area contributed by atoms with Crippen LogP contribution in [0.25, 0.3) is 0 Å². The van der Waals surface area contributed by atoms with Crippen LogP contribution < -0.4 is 15.8 Å². The molecule has 1 aromatic heterocycles. The molecule has 7 nitrogen and oxygen atoms in total. The highest BCUT2D eigenvalue weighted by Gasteiger charge is 2.27. The molecule has 19 heavy (non-hydrogen) atoms. The maximum absolute atomic E-state index is 12.0. The summed E-state index contributed by atoms with van der Waals surface area (Å²) in [5.74, 6) is -0.440. The van der Waals surface area contributed by atoms with Crippen LogP contribution in [0.5, 0.6) is 0 Å². The third-order valence-electron chi connectivity index (χ3n) is 3.01. The zero-order chi connectivity index (χ0) is 14.0. The van der Waals surface area contributed by atoms with Gasteiger partial charge in [0.15, 0.2) is 0 Å². The fraction of sp³-hybridized carbons (Fsp3) is 0.545. The van der Waals surface area contributed by atoms with Gasteiger partial charge >= 0.3 is 0 Å². The van der Waals surface area contributed by atoms with Gasteiger partial charge in [0.25, 0.3) is 5.91 Å². The number of nitrogens with two attached hydrogens (primary N) is 1. The minimum atomic E-state index is -3.30. The molecule has 1 fully saturated rings. The van der Waals surface area contributed by atoms with Crippen LogP contribution in [-0.4, -0.2) is 38.2 Å². The number of nitrogens with one attached hydrogen (secondary N) is 2. The predicted molar refractivity (Wildman–Crippen MR) is 72.3 cm³/mol. The number of aromatic nitrogens is 1. The first-order chi connectivity index (χ1) is 8.93. The Kier molecular flexibility index (Phi) is 3.81. The van der Waals surface area contributed by atoms with Crippen molar-refractivity contribution in [3.63, 3.8) is 0 Å². The first-order valence-corrected chi connectivity index (χ1v) is 7.75. The van der Waals surface area contributed by atoms with E-state index in [1.165, 1.54) is 7.05 Å². The number of hydrogen-bond acceptors (Lipinski definition) is 4. The lowest BCUT2D eigenvalue weighted by molar-refractivity contribution is 0.0946. The third kappa shape index (κ3) is 3.48. The van der Waals surface area contributed by atoms with Crippen molar-refractivity contribution in [2.45, 2.75) is 18.9 Å². The second-order valence-electron chi connectivity index (χ2n) is 4.58. The largest absolute Gasteiger partial charge is 0.397 e. The van der Waals surface area contributed by atoms with Crippen LogP contribution in [0.4, 0.5) is 5.69 Å². The molecule has 8 heteroatoms. The topological polar surface area (TPSA) is 106 Å². The SMILES string of the molecule is CNS(=O)(=O)CCNC(=O)c1cc(N)cn1C1CC1. The monoisotopic (exact) mass is 286 g/mol. The maximum Gasteiger partial charge on any atom is 0.268 e. The molecule has 1 aromatic rings. The molecule has 2 rings (SSSR count). The van der Waals surface area contributed by atoms with E-state index in [2.05, 4.69) is 10.0 Å². The van der Waals surface area contributed by atoms with Crippen LogP contribution in [0.2, 0.25) is 0 Å². The van der Waals surface area contributed by atoms with E-state index in [1.54, 1.807) is 12.3 Å². The van der Waals surface area contributed by atoms with E-state index in [0.717, 1.165) is 12.8 Å². The van der Waals surface area contributed by atoms with Gasteiger partial charge in [-0.2, -0.15) is 0 Å². The van der Waals surface area contributed by atoms with E-state index in [0.29, 0.717) is 17.4 Å². The predicted octanol–water partition coefficient (Wildman–Crippen LogP) is -0.316. The number of carbonyl (C=O) groups excluding carboxylic acids is 1. The van der Waals surface area contributed by atoms with Crippen molar-refractivity contribution in [2.24, 2.45) is 0 Å². The smallest absolute Gasteiger partial charge is 0.268 e. The van der Waals surface area contributed by atoms with Gasteiger partial charge in [0.1, 0.15) is 5.69 Å². The van der Waals surface area contributed by atoms with Gasteiger partial charge in [-0.25, -0.2) is 13.1 Å². The maximum atomic E-state index is 12.0. The molecule has 1 saturated carbocycles. The molecule has 106 valence electrons. The lowest BCUT2D eigenvalue weighted by Crippen LogP contribution is -2.33. The van der Waals surface area contributed by atoms with Gasteiger partial charge in [-0.05, 0) is 26.0 Å². The fourth-order valence-corrected chi connectivity index (χ4v) is 2.40. The van der Waals surface area contributed by atoms with Gasteiger partial charge in [-0.3, -0.25) is 4.79 Å². The van der Waals surface area contributed by atoms with Crippen molar-refractivity contribution in [1.29, 1.82) is 0 Å². The normalized spacial score (nSPS) is 15.4. The highest BCUT2D eigenvalue weighted by molar-refractivity contribution is 7.89. The van der Waals surface area contributed by atoms with Gasteiger partial charge in [0.05, 0.1) is 11.4 Å². The van der Waals surface area contributed by atoms with Gasteiger partial charge in [-0.1, -0.05) is 0 Å². The summed E-state index contributed by atoms with van der Waals surface area (Å²) < 4.78 is 26.5. The molecule has 4 N–H and O–H groups in total. The van der Waals surface area contributed by atoms with Crippen molar-refractivity contribution >= 4 is 21.6 Å². The van der Waals surface area contributed by atoms with Crippen LogP contribution in [0.1, 0.15) is 29.4 Å². The molecule has 0 atom stereocenters. The number of nitrogen functional groups attached to an aromatic ring is 1. The number of carbonyl (C=O) groups is 1. The summed E-state index contributed by atoms with van der Waals surface area (Å²) in [4.78, 5) is 12.0. The lowest BCUT2D eigenvalue weighted by atomic mass is 10.3. The first-order valence-electron chi connectivity index (χ1n) is 6.10. The van der Waals surface area contributed by atoms with Gasteiger partial charge in [-0.15, -0.1) is 0 Å². The van der Waals surface area contributed by atoms with E-state index in [9.17, 15) is 13.2 Å². The Morgan fingerprint density at radius 1 is 1.53 bits per heavy atom. The van der Waals surface area contributed by atoms with Gasteiger partial charge < -0.3 is 15.6 Å². The average Bonchev–Trinajstić information content (AvgIpc) is 3.12. The average molecular weight is 286 g/mol. The van der Waals surface area contributed by atoms with Crippen LogP contribution in [0, 0.1) is 0 Å². The van der Waals surface area contributed by atoms with Gasteiger partial charge in [0, 0.05) is 18.8 Å². The van der Waals surface area contributed by atoms with E-state index >= 15 is 0 Å². The molecule has 1 aliphatic carbocycles. The number of amides is 1. The zero-order valence-corrected chi connectivity index (χ0v) is 11.5. The lowest BCUT2D eigenvalue weighted by Gasteiger charge is -2.08. The van der Waals surface area contributed by atoms with Crippen LogP contribution in [0.15, 0.2) is 12.3 Å². The molecule has 0 radical (unpaired) electrons. The summed E-state index contributed by atoms with van der Waals surface area (Å²) in [6.45, 7) is 0.0672. The van der Waals surface area contributed by atoms with Crippen LogP contribution in [-0.2, 0) is 10.0 Å². The van der Waals surface area contributed by atoms with Crippen molar-refractivity contribution in [3.8, 4) is 0 Å². The quantitative estimate of drug-likeness (QED) is 0.666. The number of sulfonamides is 1. The molecule has 1 heterocycles. The Bertz CT molecular complexity index is 575. The minimum Gasteiger partial charge on any atom is -0.397 e. The van der Waals surface area contributed by atoms with E-state index in [4.69, 9.17) is 5.73 Å². The van der Waals surface area contributed by atoms with Crippen molar-refractivity contribution in [2.75, 3.05) is 25.1 Å². The Balaban J connectivity index is 1.97. The number of rotatable bonds is 6. The van der Waals surface area contributed by atoms with E-state index < -0.39 is 10.0 Å². The number of hydrogen-bond donors (Lipinski definition) is 3. The second kappa shape index (κ2) is 5.22. The molecule has 1 aliphatic rings. The number of anilines is 1. The summed E-state index contributed by atoms with van der Waals surface area (Å²) in [7, 11) is -1.96. The molecule has 0 aromatic carbocycles. The Hall–Kier alpha value is -1.54. The number of nitrogens with zero attached hydrogens (tertiary/aromatic N) is 1. The summed E-state index contributed by atoms with van der Waals surface area (Å²) >= 11 is 0. The van der Waals surface area contributed by atoms with E-state index in [1.807, 2.05) is 4.57 Å². The highest BCUT2D eigenvalue weighted by atomic mass is 32.2. The molecule has 0 unspecified atom stereocenters. The molecule has 0 aliphatic heterocycles. The molecular formula is C11H18N4O3S.